The van der Waals surface area contributed by atoms with Crippen molar-refractivity contribution < 1.29 is 0 Å². The number of nitrogens with zero attached hydrogens (tertiary/aromatic N) is 2. The maximum absolute atomic E-state index is 5.15. The van der Waals surface area contributed by atoms with Crippen molar-refractivity contribution in [2.75, 3.05) is 10.6 Å². The van der Waals surface area contributed by atoms with Crippen molar-refractivity contribution in [3.05, 3.63) is 189 Å². The van der Waals surface area contributed by atoms with E-state index < -0.39 is 0 Å². The van der Waals surface area contributed by atoms with Crippen LogP contribution in [0.1, 0.15) is 135 Å². The Kier molecular flexibility index (Phi) is 14.1. The van der Waals surface area contributed by atoms with Crippen LogP contribution < -0.4 is 10.6 Å². The minimum atomic E-state index is 0.400. The molecule has 4 heteroatoms. The summed E-state index contributed by atoms with van der Waals surface area (Å²) >= 11 is 0. The Bertz CT molecular complexity index is 2540. The molecule has 0 aliphatic carbocycles. The van der Waals surface area contributed by atoms with E-state index in [0.717, 1.165) is 56.1 Å². The molecule has 0 heterocycles. The Morgan fingerprint density at radius 2 is 0.672 bits per heavy atom. The first-order chi connectivity index (χ1) is 30.7. The first kappa shape index (κ1) is 45.5. The van der Waals surface area contributed by atoms with Crippen LogP contribution in [0.2, 0.25) is 0 Å². The van der Waals surface area contributed by atoms with Crippen molar-refractivity contribution in [2.45, 2.75) is 107 Å². The maximum Gasteiger partial charge on any atom is 0.0688 e. The first-order valence-electron chi connectivity index (χ1n) is 23.1. The van der Waals surface area contributed by atoms with E-state index in [1.54, 1.807) is 0 Å². The van der Waals surface area contributed by atoms with Gasteiger partial charge in [0.1, 0.15) is 0 Å². The lowest BCUT2D eigenvalue weighted by atomic mass is 9.90. The molecule has 0 aliphatic heterocycles. The van der Waals surface area contributed by atoms with Crippen molar-refractivity contribution in [3.63, 3.8) is 0 Å². The highest BCUT2D eigenvalue weighted by Crippen LogP contribution is 2.40. The fourth-order valence-electron chi connectivity index (χ4n) is 8.99. The summed E-state index contributed by atoms with van der Waals surface area (Å²) in [5, 5.41) is 7.67. The number of hydrogen-bond donors (Lipinski definition) is 2. The zero-order valence-corrected chi connectivity index (χ0v) is 40.1. The largest absolute Gasteiger partial charge is 0.355 e. The average molecular weight is 843 g/mol. The van der Waals surface area contributed by atoms with E-state index in [1.165, 1.54) is 55.9 Å². The van der Waals surface area contributed by atoms with Crippen LogP contribution in [0.5, 0.6) is 0 Å². The Hall–Kier alpha value is -6.52. The molecular formula is C60H66N4. The van der Waals surface area contributed by atoms with Gasteiger partial charge in [-0.3, -0.25) is 9.98 Å². The molecule has 0 saturated carbocycles. The van der Waals surface area contributed by atoms with E-state index in [4.69, 9.17) is 9.98 Å². The van der Waals surface area contributed by atoms with Gasteiger partial charge in [-0.05, 0) is 155 Å². The third kappa shape index (κ3) is 9.98. The number of hydrogen-bond acceptors (Lipinski definition) is 4. The van der Waals surface area contributed by atoms with Gasteiger partial charge in [0.05, 0.1) is 11.4 Å². The average Bonchev–Trinajstić information content (AvgIpc) is 3.26. The number of para-hydroxylation sites is 4. The molecule has 0 spiro atoms. The lowest BCUT2D eigenvalue weighted by molar-refractivity contribution is 0.838. The number of benzene rings is 7. The van der Waals surface area contributed by atoms with Gasteiger partial charge in [0.2, 0.25) is 0 Å². The molecule has 0 aliphatic rings. The molecule has 0 amide bonds. The molecule has 0 saturated heterocycles. The Labute approximate surface area is 383 Å². The van der Waals surface area contributed by atoms with Crippen molar-refractivity contribution in [1.82, 2.24) is 0 Å². The van der Waals surface area contributed by atoms with Crippen LogP contribution >= 0.6 is 0 Å². The third-order valence-electron chi connectivity index (χ3n) is 12.4. The van der Waals surface area contributed by atoms with E-state index in [2.05, 4.69) is 227 Å². The lowest BCUT2D eigenvalue weighted by Crippen LogP contribution is -2.05. The molecule has 0 aromatic heterocycles. The summed E-state index contributed by atoms with van der Waals surface area (Å²) in [6.07, 6.45) is 4.02. The van der Waals surface area contributed by atoms with E-state index >= 15 is 0 Å². The Morgan fingerprint density at radius 1 is 0.375 bits per heavy atom. The van der Waals surface area contributed by atoms with Gasteiger partial charge in [0.15, 0.2) is 0 Å². The predicted octanol–water partition coefficient (Wildman–Crippen LogP) is 17.7. The van der Waals surface area contributed by atoms with Crippen LogP contribution in [0.4, 0.5) is 34.1 Å². The van der Waals surface area contributed by atoms with Gasteiger partial charge in [-0.25, -0.2) is 0 Å². The Morgan fingerprint density at radius 3 is 0.984 bits per heavy atom. The van der Waals surface area contributed by atoms with Crippen molar-refractivity contribution in [3.8, 4) is 22.3 Å². The van der Waals surface area contributed by atoms with Crippen LogP contribution in [0.3, 0.4) is 0 Å². The van der Waals surface area contributed by atoms with Gasteiger partial charge in [-0.1, -0.05) is 152 Å². The normalized spacial score (nSPS) is 11.9. The SMILES string of the molecule is Cc1cc(-c2ccccc2-c2cc(C)c(N=Cc3ccccc3Nc3c(C(C)C)cccc3C(C)C)c(C)c2)cc(C)c1N=Cc1ccccc1Nc1c(C(C)C)cccc1C(C)C. The monoisotopic (exact) mass is 843 g/mol. The number of aryl methyl sites for hydroxylation is 4. The van der Waals surface area contributed by atoms with E-state index in [1.807, 2.05) is 12.4 Å². The van der Waals surface area contributed by atoms with Crippen molar-refractivity contribution in [1.29, 1.82) is 0 Å². The highest BCUT2D eigenvalue weighted by atomic mass is 14.9. The standard InChI is InChI=1S/C60H66N4/c1-37(2)49-25-19-26-50(38(3)4)59(49)63-55-29-17-13-21-45(55)35-61-57-41(9)31-47(32-42(57)10)53-23-15-16-24-54(53)48-33-43(11)58(44(12)34-48)62-36-46-22-14-18-30-56(46)64-60-51(39(5)6)27-20-28-52(60)40(7)8/h13-40,63-64H,1-12H3. The second kappa shape index (κ2) is 19.9. The van der Waals surface area contributed by atoms with E-state index in [-0.39, 0.29) is 0 Å². The molecule has 326 valence electrons. The molecule has 0 fully saturated rings. The summed E-state index contributed by atoms with van der Waals surface area (Å²) in [6.45, 7) is 26.8. The highest BCUT2D eigenvalue weighted by Gasteiger charge is 2.18. The van der Waals surface area contributed by atoms with Crippen molar-refractivity contribution >= 4 is 46.6 Å². The van der Waals surface area contributed by atoms with Gasteiger partial charge in [0, 0.05) is 46.3 Å². The molecule has 7 aromatic rings. The molecule has 64 heavy (non-hydrogen) atoms. The minimum Gasteiger partial charge on any atom is -0.355 e. The summed E-state index contributed by atoms with van der Waals surface area (Å²) in [5.41, 5.74) is 23.2. The molecular weight excluding hydrogens is 777 g/mol. The van der Waals surface area contributed by atoms with Gasteiger partial charge >= 0.3 is 0 Å². The second-order valence-electron chi connectivity index (χ2n) is 18.6. The van der Waals surface area contributed by atoms with E-state index in [9.17, 15) is 0 Å². The molecule has 0 bridgehead atoms. The highest BCUT2D eigenvalue weighted by molar-refractivity contribution is 5.94. The summed E-state index contributed by atoms with van der Waals surface area (Å²) in [7, 11) is 0. The summed E-state index contributed by atoms with van der Waals surface area (Å²) < 4.78 is 0. The Balaban J connectivity index is 1.16. The molecule has 7 rings (SSSR count). The smallest absolute Gasteiger partial charge is 0.0688 e. The van der Waals surface area contributed by atoms with Crippen molar-refractivity contribution in [2.24, 2.45) is 9.98 Å². The zero-order valence-electron chi connectivity index (χ0n) is 40.1. The molecule has 7 aromatic carbocycles. The van der Waals surface area contributed by atoms with Gasteiger partial charge in [-0.15, -0.1) is 0 Å². The van der Waals surface area contributed by atoms with Crippen LogP contribution in [-0.2, 0) is 0 Å². The molecule has 2 N–H and O–H groups in total. The molecule has 0 radical (unpaired) electrons. The predicted molar refractivity (Wildman–Crippen MR) is 279 cm³/mol. The van der Waals surface area contributed by atoms with Crippen LogP contribution in [0.15, 0.2) is 143 Å². The van der Waals surface area contributed by atoms with Crippen LogP contribution in [0.25, 0.3) is 22.3 Å². The summed E-state index contributed by atoms with van der Waals surface area (Å²) in [4.78, 5) is 10.3. The molecule has 0 atom stereocenters. The fraction of sp³-hybridized carbons (Fsp3) is 0.267. The number of aliphatic imine (C=N–C) groups is 2. The fourth-order valence-corrected chi connectivity index (χ4v) is 8.99. The lowest BCUT2D eigenvalue weighted by Gasteiger charge is -2.22. The number of rotatable bonds is 14. The molecule has 4 nitrogen and oxygen atoms in total. The van der Waals surface area contributed by atoms with Gasteiger partial charge in [-0.2, -0.15) is 0 Å². The molecule has 0 unspecified atom stereocenters. The quantitative estimate of drug-likeness (QED) is 0.107. The van der Waals surface area contributed by atoms with Gasteiger partial charge < -0.3 is 10.6 Å². The summed E-state index contributed by atoms with van der Waals surface area (Å²) in [5.74, 6) is 1.60. The first-order valence-corrected chi connectivity index (χ1v) is 23.1. The van der Waals surface area contributed by atoms with Crippen LogP contribution in [-0.4, -0.2) is 12.4 Å². The van der Waals surface area contributed by atoms with Gasteiger partial charge in [0.25, 0.3) is 0 Å². The summed E-state index contributed by atoms with van der Waals surface area (Å²) in [6, 6.07) is 48.1. The zero-order chi connectivity index (χ0) is 45.7. The third-order valence-corrected chi connectivity index (χ3v) is 12.4. The second-order valence-corrected chi connectivity index (χ2v) is 18.6. The minimum absolute atomic E-state index is 0.400. The van der Waals surface area contributed by atoms with E-state index in [0.29, 0.717) is 23.7 Å². The maximum atomic E-state index is 5.15. The van der Waals surface area contributed by atoms with Crippen LogP contribution in [0, 0.1) is 27.7 Å². The number of anilines is 4. The topological polar surface area (TPSA) is 48.8 Å². The number of nitrogens with one attached hydrogen (secondary N) is 2.